The zero-order valence-corrected chi connectivity index (χ0v) is 36.4. The highest BCUT2D eigenvalue weighted by atomic mass is 15.1. The maximum atomic E-state index is 2.34. The van der Waals surface area contributed by atoms with Crippen molar-refractivity contribution in [3.05, 3.63) is 260 Å². The first kappa shape index (κ1) is 39.6. The predicted octanol–water partition coefficient (Wildman–Crippen LogP) is 17.7. The third-order valence-electron chi connectivity index (χ3n) is 12.8. The van der Waals surface area contributed by atoms with Crippen LogP contribution >= 0.6 is 0 Å². The van der Waals surface area contributed by atoms with E-state index in [0.29, 0.717) is 5.92 Å². The van der Waals surface area contributed by atoms with Crippen LogP contribution in [-0.4, -0.2) is 0 Å². The van der Waals surface area contributed by atoms with E-state index in [1.165, 1.54) is 66.4 Å². The number of benzene rings is 10. The van der Waals surface area contributed by atoms with Crippen molar-refractivity contribution in [2.75, 3.05) is 9.80 Å². The molecule has 1 atom stereocenters. The number of hydrogen-bond acceptors (Lipinski definition) is 2. The van der Waals surface area contributed by atoms with Crippen LogP contribution in [0, 0.1) is 5.92 Å². The first-order valence-corrected chi connectivity index (χ1v) is 22.6. The molecule has 0 aromatic heterocycles. The van der Waals surface area contributed by atoms with Gasteiger partial charge in [0.1, 0.15) is 0 Å². The summed E-state index contributed by atoms with van der Waals surface area (Å²) in [5, 5.41) is 2.52. The lowest BCUT2D eigenvalue weighted by atomic mass is 9.86. The number of allylic oxidation sites excluding steroid dienone is 1. The molecule has 10 aromatic carbocycles. The summed E-state index contributed by atoms with van der Waals surface area (Å²) in [7, 11) is 0. The van der Waals surface area contributed by atoms with Crippen molar-refractivity contribution >= 4 is 51.0 Å². The summed E-state index contributed by atoms with van der Waals surface area (Å²) in [6.07, 6.45) is 5.74. The van der Waals surface area contributed by atoms with Gasteiger partial charge < -0.3 is 9.80 Å². The van der Waals surface area contributed by atoms with Crippen LogP contribution in [0.5, 0.6) is 0 Å². The third kappa shape index (κ3) is 8.03. The zero-order valence-electron chi connectivity index (χ0n) is 36.4. The maximum absolute atomic E-state index is 2.34. The molecule has 0 radical (unpaired) electrons. The fourth-order valence-corrected chi connectivity index (χ4v) is 9.51. The highest BCUT2D eigenvalue weighted by molar-refractivity contribution is 5.97. The Morgan fingerprint density at radius 2 is 0.754 bits per heavy atom. The molecular formula is C63H48N2. The molecule has 0 saturated carbocycles. The summed E-state index contributed by atoms with van der Waals surface area (Å²) in [6, 6.07) is 87.9. The lowest BCUT2D eigenvalue weighted by Crippen LogP contribution is -2.09. The topological polar surface area (TPSA) is 6.48 Å². The number of fused-ring (bicyclic) bond motifs is 2. The molecule has 11 rings (SSSR count). The Labute approximate surface area is 382 Å². The zero-order chi connectivity index (χ0) is 43.5. The molecular weight excluding hydrogens is 785 g/mol. The molecule has 0 bridgehead atoms. The molecule has 310 valence electrons. The van der Waals surface area contributed by atoms with Gasteiger partial charge >= 0.3 is 0 Å². The Morgan fingerprint density at radius 3 is 1.31 bits per heavy atom. The number of hydrogen-bond donors (Lipinski definition) is 0. The van der Waals surface area contributed by atoms with Crippen molar-refractivity contribution in [3.8, 4) is 44.5 Å². The molecule has 10 aromatic rings. The van der Waals surface area contributed by atoms with Gasteiger partial charge in [-0.15, -0.1) is 0 Å². The molecule has 2 nitrogen and oxygen atoms in total. The van der Waals surface area contributed by atoms with E-state index in [9.17, 15) is 0 Å². The monoisotopic (exact) mass is 832 g/mol. The minimum Gasteiger partial charge on any atom is -0.311 e. The average molecular weight is 833 g/mol. The van der Waals surface area contributed by atoms with Crippen LogP contribution < -0.4 is 9.80 Å². The van der Waals surface area contributed by atoms with Crippen LogP contribution in [0.1, 0.15) is 18.1 Å². The fourth-order valence-electron chi connectivity index (χ4n) is 9.51. The summed E-state index contributed by atoms with van der Waals surface area (Å²) < 4.78 is 0. The van der Waals surface area contributed by atoms with Gasteiger partial charge in [0.25, 0.3) is 0 Å². The first-order chi connectivity index (χ1) is 32.1. The molecule has 0 saturated heterocycles. The summed E-state index contributed by atoms with van der Waals surface area (Å²) in [6.45, 7) is 2.29. The van der Waals surface area contributed by atoms with Crippen LogP contribution in [0.15, 0.2) is 249 Å². The Bertz CT molecular complexity index is 3260. The highest BCUT2D eigenvalue weighted by Gasteiger charge is 2.18. The van der Waals surface area contributed by atoms with E-state index in [0.717, 1.165) is 40.5 Å². The van der Waals surface area contributed by atoms with Gasteiger partial charge in [-0.05, 0) is 158 Å². The van der Waals surface area contributed by atoms with Crippen molar-refractivity contribution in [2.45, 2.75) is 13.3 Å². The largest absolute Gasteiger partial charge is 0.311 e. The normalized spacial score (nSPS) is 13.0. The van der Waals surface area contributed by atoms with Crippen molar-refractivity contribution in [3.63, 3.8) is 0 Å². The number of anilines is 6. The number of nitrogens with zero attached hydrogens (tertiary/aromatic N) is 2. The van der Waals surface area contributed by atoms with E-state index in [2.05, 4.69) is 272 Å². The standard InChI is InChI=1S/C63H48N2/c1-45-25-42-63-53(43-45)17-12-24-62(63)50-32-40-59(41-33-50)65(55-20-6-3-7-21-55)57-36-28-47(29-37-57)52-16-10-15-51(44-52)46-26-34-56(35-27-46)64(54-18-4-2-5-19-54)58-38-30-49(31-39-58)61-23-11-14-48-13-8-9-22-60(48)61/h2-42,44-45H,43H2,1H3. The third-order valence-corrected chi connectivity index (χ3v) is 12.8. The van der Waals surface area contributed by atoms with Crippen LogP contribution in [0.25, 0.3) is 61.4 Å². The fraction of sp³-hybridized carbons (Fsp3) is 0.0476. The molecule has 0 aliphatic heterocycles. The minimum absolute atomic E-state index is 0.573. The van der Waals surface area contributed by atoms with Crippen molar-refractivity contribution < 1.29 is 0 Å². The molecule has 0 spiro atoms. The smallest absolute Gasteiger partial charge is 0.0462 e. The van der Waals surface area contributed by atoms with Gasteiger partial charge in [0.05, 0.1) is 0 Å². The Kier molecular flexibility index (Phi) is 10.7. The van der Waals surface area contributed by atoms with E-state index in [1.54, 1.807) is 0 Å². The molecule has 1 aliphatic carbocycles. The minimum atomic E-state index is 0.573. The van der Waals surface area contributed by atoms with Gasteiger partial charge in [0.15, 0.2) is 0 Å². The van der Waals surface area contributed by atoms with Gasteiger partial charge in [-0.3, -0.25) is 0 Å². The molecule has 0 heterocycles. The molecule has 0 fully saturated rings. The Morgan fingerprint density at radius 1 is 0.338 bits per heavy atom. The molecule has 1 aliphatic rings. The summed E-state index contributed by atoms with van der Waals surface area (Å²) >= 11 is 0. The second-order valence-electron chi connectivity index (χ2n) is 17.1. The second-order valence-corrected chi connectivity index (χ2v) is 17.1. The Hall–Kier alpha value is -8.20. The number of rotatable bonds is 10. The predicted molar refractivity (Wildman–Crippen MR) is 277 cm³/mol. The quantitative estimate of drug-likeness (QED) is 0.135. The van der Waals surface area contributed by atoms with Gasteiger partial charge in [-0.2, -0.15) is 0 Å². The molecule has 0 N–H and O–H groups in total. The molecule has 65 heavy (non-hydrogen) atoms. The van der Waals surface area contributed by atoms with Crippen LogP contribution in [0.3, 0.4) is 0 Å². The lowest BCUT2D eigenvalue weighted by molar-refractivity contribution is 0.717. The Balaban J connectivity index is 0.856. The maximum Gasteiger partial charge on any atom is 0.0462 e. The van der Waals surface area contributed by atoms with Crippen LogP contribution in [0.4, 0.5) is 34.1 Å². The summed E-state index contributed by atoms with van der Waals surface area (Å²) in [5.41, 5.74) is 19.1. The summed E-state index contributed by atoms with van der Waals surface area (Å²) in [4.78, 5) is 4.67. The SMILES string of the molecule is CC1C=Cc2c(cccc2-c2ccc(N(c3ccccc3)c3ccc(-c4cccc(-c5ccc(N(c6ccccc6)c6ccc(-c7cccc8ccccc78)cc6)cc5)c4)cc3)cc2)C1. The van der Waals surface area contributed by atoms with E-state index >= 15 is 0 Å². The first-order valence-electron chi connectivity index (χ1n) is 22.6. The molecule has 2 heteroatoms. The van der Waals surface area contributed by atoms with Crippen molar-refractivity contribution in [1.29, 1.82) is 0 Å². The molecule has 0 amide bonds. The van der Waals surface area contributed by atoms with Crippen molar-refractivity contribution in [1.82, 2.24) is 0 Å². The van der Waals surface area contributed by atoms with Gasteiger partial charge in [-0.25, -0.2) is 0 Å². The van der Waals surface area contributed by atoms with E-state index in [-0.39, 0.29) is 0 Å². The average Bonchev–Trinajstić information content (AvgIpc) is 3.38. The van der Waals surface area contributed by atoms with Crippen molar-refractivity contribution in [2.24, 2.45) is 5.92 Å². The summed E-state index contributed by atoms with van der Waals surface area (Å²) in [5.74, 6) is 0.573. The highest BCUT2D eigenvalue weighted by Crippen LogP contribution is 2.41. The van der Waals surface area contributed by atoms with Crippen LogP contribution in [-0.2, 0) is 6.42 Å². The van der Waals surface area contributed by atoms with Gasteiger partial charge in [0.2, 0.25) is 0 Å². The van der Waals surface area contributed by atoms with E-state index in [4.69, 9.17) is 0 Å². The number of para-hydroxylation sites is 2. The second kappa shape index (κ2) is 17.5. The van der Waals surface area contributed by atoms with Gasteiger partial charge in [0, 0.05) is 34.1 Å². The lowest BCUT2D eigenvalue weighted by Gasteiger charge is -2.26. The van der Waals surface area contributed by atoms with Gasteiger partial charge in [-0.1, -0.05) is 183 Å². The van der Waals surface area contributed by atoms with E-state index in [1.807, 2.05) is 0 Å². The molecule has 1 unspecified atom stereocenters. The van der Waals surface area contributed by atoms with E-state index < -0.39 is 0 Å². The van der Waals surface area contributed by atoms with Crippen LogP contribution in [0.2, 0.25) is 0 Å².